The van der Waals surface area contributed by atoms with Crippen LogP contribution < -0.4 is 0 Å². The number of esters is 1. The van der Waals surface area contributed by atoms with E-state index in [1.54, 1.807) is 0 Å². The van der Waals surface area contributed by atoms with Crippen molar-refractivity contribution in [3.8, 4) is 0 Å². The number of unbranched alkanes of at least 4 members (excludes halogenated alkanes) is 2. The Morgan fingerprint density at radius 1 is 1.38 bits per heavy atom. The van der Waals surface area contributed by atoms with Crippen molar-refractivity contribution in [3.63, 3.8) is 0 Å². The second-order valence-corrected chi connectivity index (χ2v) is 3.85. The Hall–Kier alpha value is -0.530. The molecular formula is C11H20O2. The lowest BCUT2D eigenvalue weighted by Crippen LogP contribution is -2.07. The molecule has 76 valence electrons. The molecule has 1 fully saturated rings. The maximum Gasteiger partial charge on any atom is 0.309 e. The molecule has 1 aliphatic carbocycles. The summed E-state index contributed by atoms with van der Waals surface area (Å²) in [5.41, 5.74) is 0. The van der Waals surface area contributed by atoms with Crippen molar-refractivity contribution in [2.75, 3.05) is 6.61 Å². The fraction of sp³-hybridized carbons (Fsp3) is 0.909. The molecule has 0 radical (unpaired) electrons. The van der Waals surface area contributed by atoms with Gasteiger partial charge >= 0.3 is 5.97 Å². The second kappa shape index (κ2) is 5.25. The monoisotopic (exact) mass is 184 g/mol. The van der Waals surface area contributed by atoms with Gasteiger partial charge in [0.1, 0.15) is 0 Å². The zero-order valence-electron chi connectivity index (χ0n) is 8.71. The molecule has 0 spiro atoms. The number of ether oxygens (including phenoxy) is 1. The van der Waals surface area contributed by atoms with E-state index in [-0.39, 0.29) is 11.9 Å². The summed E-state index contributed by atoms with van der Waals surface area (Å²) in [6.07, 6.45) is 6.12. The lowest BCUT2D eigenvalue weighted by Gasteiger charge is -2.00. The first-order valence-corrected chi connectivity index (χ1v) is 5.46. The Morgan fingerprint density at radius 2 is 2.15 bits per heavy atom. The summed E-state index contributed by atoms with van der Waals surface area (Å²) in [4.78, 5) is 11.2. The lowest BCUT2D eigenvalue weighted by atomic mass is 10.1. The maximum absolute atomic E-state index is 11.2. The van der Waals surface area contributed by atoms with Crippen LogP contribution in [0.4, 0.5) is 0 Å². The second-order valence-electron chi connectivity index (χ2n) is 3.85. The SMILES string of the molecule is CCCCC[C@@H]1C[C@H]1C(=O)OCC. The summed E-state index contributed by atoms with van der Waals surface area (Å²) in [6.45, 7) is 4.60. The Labute approximate surface area is 80.7 Å². The van der Waals surface area contributed by atoms with Crippen LogP contribution in [0.25, 0.3) is 0 Å². The van der Waals surface area contributed by atoms with Crippen molar-refractivity contribution in [2.45, 2.75) is 46.0 Å². The van der Waals surface area contributed by atoms with E-state index in [0.29, 0.717) is 12.5 Å². The van der Waals surface area contributed by atoms with Crippen molar-refractivity contribution in [1.29, 1.82) is 0 Å². The third-order valence-electron chi connectivity index (χ3n) is 2.69. The van der Waals surface area contributed by atoms with E-state index in [1.165, 1.54) is 25.7 Å². The van der Waals surface area contributed by atoms with Gasteiger partial charge in [-0.25, -0.2) is 0 Å². The highest BCUT2D eigenvalue weighted by molar-refractivity contribution is 5.75. The number of carbonyl (C=O) groups is 1. The van der Waals surface area contributed by atoms with E-state index in [1.807, 2.05) is 6.92 Å². The third kappa shape index (κ3) is 3.37. The van der Waals surface area contributed by atoms with E-state index in [9.17, 15) is 4.79 Å². The van der Waals surface area contributed by atoms with Crippen molar-refractivity contribution in [3.05, 3.63) is 0 Å². The van der Waals surface area contributed by atoms with Crippen molar-refractivity contribution < 1.29 is 9.53 Å². The van der Waals surface area contributed by atoms with Crippen LogP contribution in [0, 0.1) is 11.8 Å². The molecule has 0 heterocycles. The van der Waals surface area contributed by atoms with Crippen LogP contribution in [0.2, 0.25) is 0 Å². The Morgan fingerprint density at radius 3 is 2.77 bits per heavy atom. The van der Waals surface area contributed by atoms with E-state index in [0.717, 1.165) is 6.42 Å². The molecule has 0 aromatic carbocycles. The molecule has 0 saturated heterocycles. The third-order valence-corrected chi connectivity index (χ3v) is 2.69. The average Bonchev–Trinajstić information content (AvgIpc) is 2.85. The van der Waals surface area contributed by atoms with Crippen molar-refractivity contribution >= 4 is 5.97 Å². The highest BCUT2D eigenvalue weighted by Crippen LogP contribution is 2.43. The molecule has 0 amide bonds. The normalized spacial score (nSPS) is 25.7. The molecule has 1 aliphatic rings. The molecule has 0 bridgehead atoms. The molecule has 0 N–H and O–H groups in total. The van der Waals surface area contributed by atoms with Crippen molar-refractivity contribution in [1.82, 2.24) is 0 Å². The fourth-order valence-corrected chi connectivity index (χ4v) is 1.76. The molecule has 0 unspecified atom stereocenters. The zero-order valence-corrected chi connectivity index (χ0v) is 8.71. The van der Waals surface area contributed by atoms with Crippen molar-refractivity contribution in [2.24, 2.45) is 11.8 Å². The van der Waals surface area contributed by atoms with Crippen LogP contribution >= 0.6 is 0 Å². The van der Waals surface area contributed by atoms with Crippen LogP contribution in [-0.2, 0) is 9.53 Å². The van der Waals surface area contributed by atoms with Gasteiger partial charge in [-0.15, -0.1) is 0 Å². The van der Waals surface area contributed by atoms with Gasteiger partial charge in [0.25, 0.3) is 0 Å². The summed E-state index contributed by atoms with van der Waals surface area (Å²) in [5, 5.41) is 0. The molecule has 13 heavy (non-hydrogen) atoms. The molecular weight excluding hydrogens is 164 g/mol. The number of rotatable bonds is 6. The quantitative estimate of drug-likeness (QED) is 0.468. The van der Waals surface area contributed by atoms with Crippen LogP contribution in [0.15, 0.2) is 0 Å². The van der Waals surface area contributed by atoms with E-state index < -0.39 is 0 Å². The Bertz CT molecular complexity index is 165. The van der Waals surface area contributed by atoms with E-state index >= 15 is 0 Å². The van der Waals surface area contributed by atoms with Crippen LogP contribution in [0.3, 0.4) is 0 Å². The fourth-order valence-electron chi connectivity index (χ4n) is 1.76. The summed E-state index contributed by atoms with van der Waals surface area (Å²) < 4.78 is 4.96. The number of carbonyl (C=O) groups excluding carboxylic acids is 1. The molecule has 0 aliphatic heterocycles. The molecule has 0 aromatic rings. The first-order chi connectivity index (χ1) is 6.29. The topological polar surface area (TPSA) is 26.3 Å². The molecule has 1 rings (SSSR count). The van der Waals surface area contributed by atoms with Gasteiger partial charge in [0, 0.05) is 0 Å². The van der Waals surface area contributed by atoms with E-state index in [4.69, 9.17) is 4.74 Å². The predicted molar refractivity (Wildman–Crippen MR) is 52.4 cm³/mol. The van der Waals surface area contributed by atoms with Gasteiger partial charge in [-0.2, -0.15) is 0 Å². The highest BCUT2D eigenvalue weighted by Gasteiger charge is 2.43. The van der Waals surface area contributed by atoms with Gasteiger partial charge in [-0.3, -0.25) is 4.79 Å². The minimum atomic E-state index is 0.0315. The minimum absolute atomic E-state index is 0.0315. The average molecular weight is 184 g/mol. The van der Waals surface area contributed by atoms with E-state index in [2.05, 4.69) is 6.92 Å². The van der Waals surface area contributed by atoms with Gasteiger partial charge in [-0.1, -0.05) is 26.2 Å². The molecule has 2 atom stereocenters. The standard InChI is InChI=1S/C11H20O2/c1-3-5-6-7-9-8-10(9)11(12)13-4-2/h9-10H,3-8H2,1-2H3/t9-,10-/m1/s1. The lowest BCUT2D eigenvalue weighted by molar-refractivity contribution is -0.145. The van der Waals surface area contributed by atoms with Crippen LogP contribution in [0.1, 0.15) is 46.0 Å². The number of hydrogen-bond donors (Lipinski definition) is 0. The first-order valence-electron chi connectivity index (χ1n) is 5.46. The molecule has 0 aromatic heterocycles. The zero-order chi connectivity index (χ0) is 9.68. The summed E-state index contributed by atoms with van der Waals surface area (Å²) in [7, 11) is 0. The summed E-state index contributed by atoms with van der Waals surface area (Å²) in [6, 6.07) is 0. The van der Waals surface area contributed by atoms with Gasteiger partial charge in [0.05, 0.1) is 12.5 Å². The minimum Gasteiger partial charge on any atom is -0.466 e. The molecule has 2 heteroatoms. The molecule has 2 nitrogen and oxygen atoms in total. The first kappa shape index (κ1) is 10.6. The Balaban J connectivity index is 2.04. The highest BCUT2D eigenvalue weighted by atomic mass is 16.5. The van der Waals surface area contributed by atoms with Crippen LogP contribution in [-0.4, -0.2) is 12.6 Å². The summed E-state index contributed by atoms with van der Waals surface area (Å²) in [5.74, 6) is 0.923. The number of hydrogen-bond acceptors (Lipinski definition) is 2. The van der Waals surface area contributed by atoms with Gasteiger partial charge < -0.3 is 4.74 Å². The van der Waals surface area contributed by atoms with Crippen LogP contribution in [0.5, 0.6) is 0 Å². The van der Waals surface area contributed by atoms with Gasteiger partial charge in [0.15, 0.2) is 0 Å². The maximum atomic E-state index is 11.2. The Kier molecular flexibility index (Phi) is 4.26. The molecule has 1 saturated carbocycles. The van der Waals surface area contributed by atoms with Gasteiger partial charge in [-0.05, 0) is 25.7 Å². The largest absolute Gasteiger partial charge is 0.466 e. The predicted octanol–water partition coefficient (Wildman–Crippen LogP) is 2.77. The van der Waals surface area contributed by atoms with Gasteiger partial charge in [0.2, 0.25) is 0 Å². The smallest absolute Gasteiger partial charge is 0.309 e. The summed E-state index contributed by atoms with van der Waals surface area (Å²) >= 11 is 0.